The molecule has 0 aromatic carbocycles. The van der Waals surface area contributed by atoms with E-state index in [1.165, 1.54) is 0 Å². The molecule has 1 saturated heterocycles. The van der Waals surface area contributed by atoms with Crippen molar-refractivity contribution in [3.8, 4) is 0 Å². The molecule has 1 rings (SSSR count). The van der Waals surface area contributed by atoms with Crippen molar-refractivity contribution >= 4 is 6.09 Å². The van der Waals surface area contributed by atoms with Gasteiger partial charge in [-0.1, -0.05) is 19.8 Å². The lowest BCUT2D eigenvalue weighted by Gasteiger charge is -2.23. The molecule has 1 amide bonds. The van der Waals surface area contributed by atoms with Crippen molar-refractivity contribution in [2.24, 2.45) is 0 Å². The van der Waals surface area contributed by atoms with Gasteiger partial charge < -0.3 is 10.1 Å². The minimum Gasteiger partial charge on any atom is -0.449 e. The number of carbonyl (C=O) groups excluding carboxylic acids is 1. The van der Waals surface area contributed by atoms with Gasteiger partial charge in [0.2, 0.25) is 0 Å². The Hall–Kier alpha value is -0.810. The second kappa shape index (κ2) is 8.35. The van der Waals surface area contributed by atoms with Crippen molar-refractivity contribution in [3.05, 3.63) is 0 Å². The zero-order valence-corrected chi connectivity index (χ0v) is 10.1. The van der Waals surface area contributed by atoms with Crippen LogP contribution in [-0.4, -0.2) is 31.8 Å². The molecule has 1 unspecified atom stereocenters. The van der Waals surface area contributed by atoms with Gasteiger partial charge in [0.1, 0.15) is 0 Å². The third-order valence-corrected chi connectivity index (χ3v) is 2.66. The zero-order chi connectivity index (χ0) is 11.6. The molecule has 0 bridgehead atoms. The van der Waals surface area contributed by atoms with Crippen molar-refractivity contribution in [3.63, 3.8) is 0 Å². The Labute approximate surface area is 97.3 Å². The molecule has 1 fully saturated rings. The largest absolute Gasteiger partial charge is 0.449 e. The van der Waals surface area contributed by atoms with Gasteiger partial charge in [-0.05, 0) is 25.8 Å². The van der Waals surface area contributed by atoms with Gasteiger partial charge in [-0.15, -0.1) is 0 Å². The minimum absolute atomic E-state index is 0.317. The number of carbonyl (C=O) groups is 1. The van der Waals surface area contributed by atoms with E-state index in [9.17, 15) is 4.79 Å². The Balaban J connectivity index is 1.96. The summed E-state index contributed by atoms with van der Waals surface area (Å²) < 4.78 is 5.00. The maximum atomic E-state index is 11.2. The molecule has 5 nitrogen and oxygen atoms in total. The average molecular weight is 229 g/mol. The highest BCUT2D eigenvalue weighted by Crippen LogP contribution is 1.99. The number of hydrogen-bond donors (Lipinski definition) is 3. The lowest BCUT2D eigenvalue weighted by Crippen LogP contribution is -2.51. The first-order chi connectivity index (χ1) is 7.83. The number of ether oxygens (including phenoxy) is 1. The highest BCUT2D eigenvalue weighted by Gasteiger charge is 2.13. The Morgan fingerprint density at radius 3 is 3.06 bits per heavy atom. The summed E-state index contributed by atoms with van der Waals surface area (Å²) in [5.41, 5.74) is 5.55. The van der Waals surface area contributed by atoms with Gasteiger partial charge in [-0.2, -0.15) is 0 Å². The topological polar surface area (TPSA) is 62.4 Å². The van der Waals surface area contributed by atoms with Crippen LogP contribution in [0.15, 0.2) is 0 Å². The molecule has 16 heavy (non-hydrogen) atoms. The van der Waals surface area contributed by atoms with Crippen molar-refractivity contribution in [2.75, 3.05) is 19.7 Å². The van der Waals surface area contributed by atoms with Gasteiger partial charge >= 0.3 is 6.09 Å². The highest BCUT2D eigenvalue weighted by molar-refractivity contribution is 5.66. The number of piperidine rings is 1. The number of nitrogens with one attached hydrogen (secondary N) is 3. The third-order valence-electron chi connectivity index (χ3n) is 2.66. The molecule has 0 aliphatic carbocycles. The lowest BCUT2D eigenvalue weighted by atomic mass is 10.1. The summed E-state index contributed by atoms with van der Waals surface area (Å²) in [5, 5.41) is 3.26. The summed E-state index contributed by atoms with van der Waals surface area (Å²) in [6.45, 7) is 4.59. The zero-order valence-electron chi connectivity index (χ0n) is 10.1. The Bertz CT molecular complexity index is 194. The monoisotopic (exact) mass is 229 g/mol. The number of hydrogen-bond acceptors (Lipinski definition) is 4. The second-order valence-electron chi connectivity index (χ2n) is 4.16. The third kappa shape index (κ3) is 5.92. The summed E-state index contributed by atoms with van der Waals surface area (Å²) in [6, 6.07) is 0.317. The molecule has 0 spiro atoms. The van der Waals surface area contributed by atoms with E-state index in [1.54, 1.807) is 0 Å². The molecule has 0 aromatic rings. The summed E-state index contributed by atoms with van der Waals surface area (Å²) >= 11 is 0. The van der Waals surface area contributed by atoms with Gasteiger partial charge in [-0.25, -0.2) is 10.2 Å². The fourth-order valence-electron chi connectivity index (χ4n) is 1.69. The van der Waals surface area contributed by atoms with Crippen LogP contribution < -0.4 is 16.2 Å². The maximum Gasteiger partial charge on any atom is 0.421 e. The number of unbranched alkanes of at least 4 members (excludes halogenated alkanes) is 2. The van der Waals surface area contributed by atoms with Crippen molar-refractivity contribution in [2.45, 2.75) is 45.1 Å². The van der Waals surface area contributed by atoms with Gasteiger partial charge in [0.25, 0.3) is 0 Å². The molecule has 1 atom stereocenters. The van der Waals surface area contributed by atoms with Crippen LogP contribution in [-0.2, 0) is 4.74 Å². The van der Waals surface area contributed by atoms with E-state index in [-0.39, 0.29) is 6.09 Å². The maximum absolute atomic E-state index is 11.2. The van der Waals surface area contributed by atoms with Crippen LogP contribution in [0.2, 0.25) is 0 Å². The average Bonchev–Trinajstić information content (AvgIpc) is 2.33. The van der Waals surface area contributed by atoms with E-state index < -0.39 is 0 Å². The molecule has 0 radical (unpaired) electrons. The molecule has 1 aliphatic heterocycles. The summed E-state index contributed by atoms with van der Waals surface area (Å²) in [6.07, 6.45) is 5.04. The van der Waals surface area contributed by atoms with Crippen LogP contribution >= 0.6 is 0 Å². The molecule has 3 N–H and O–H groups in total. The van der Waals surface area contributed by atoms with Crippen LogP contribution in [0, 0.1) is 0 Å². The van der Waals surface area contributed by atoms with Crippen LogP contribution in [0.5, 0.6) is 0 Å². The fourth-order valence-corrected chi connectivity index (χ4v) is 1.69. The fraction of sp³-hybridized carbons (Fsp3) is 0.909. The van der Waals surface area contributed by atoms with E-state index >= 15 is 0 Å². The van der Waals surface area contributed by atoms with Crippen LogP contribution in [0.3, 0.4) is 0 Å². The Morgan fingerprint density at radius 2 is 2.38 bits per heavy atom. The Kier molecular flexibility index (Phi) is 6.92. The van der Waals surface area contributed by atoms with Crippen LogP contribution in [0.1, 0.15) is 39.0 Å². The molecular formula is C11H23N3O2. The predicted octanol–water partition coefficient (Wildman–Crippen LogP) is 1.16. The smallest absolute Gasteiger partial charge is 0.421 e. The van der Waals surface area contributed by atoms with Crippen molar-refractivity contribution in [1.82, 2.24) is 16.2 Å². The number of hydrazine groups is 1. The lowest BCUT2D eigenvalue weighted by molar-refractivity contribution is 0.136. The first-order valence-corrected chi connectivity index (χ1v) is 6.22. The van der Waals surface area contributed by atoms with Crippen molar-refractivity contribution < 1.29 is 9.53 Å². The van der Waals surface area contributed by atoms with E-state index in [1.807, 2.05) is 0 Å². The quantitative estimate of drug-likeness (QED) is 0.472. The molecule has 0 saturated carbocycles. The Morgan fingerprint density at radius 1 is 1.50 bits per heavy atom. The molecule has 0 aromatic heterocycles. The summed E-state index contributed by atoms with van der Waals surface area (Å²) in [7, 11) is 0. The van der Waals surface area contributed by atoms with Gasteiger partial charge in [0.15, 0.2) is 0 Å². The van der Waals surface area contributed by atoms with E-state index in [2.05, 4.69) is 23.1 Å². The number of amides is 1. The second-order valence-corrected chi connectivity index (χ2v) is 4.16. The molecule has 1 aliphatic rings. The predicted molar refractivity (Wildman–Crippen MR) is 63.0 cm³/mol. The molecular weight excluding hydrogens is 206 g/mol. The summed E-state index contributed by atoms with van der Waals surface area (Å²) in [4.78, 5) is 11.2. The highest BCUT2D eigenvalue weighted by atomic mass is 16.6. The molecule has 1 heterocycles. The minimum atomic E-state index is -0.373. The van der Waals surface area contributed by atoms with Crippen LogP contribution in [0.4, 0.5) is 4.79 Å². The van der Waals surface area contributed by atoms with Gasteiger partial charge in [0.05, 0.1) is 6.61 Å². The van der Waals surface area contributed by atoms with Crippen LogP contribution in [0.25, 0.3) is 0 Å². The van der Waals surface area contributed by atoms with E-state index in [0.717, 1.165) is 45.2 Å². The molecule has 5 heteroatoms. The van der Waals surface area contributed by atoms with Gasteiger partial charge in [-0.3, -0.25) is 5.43 Å². The van der Waals surface area contributed by atoms with Crippen molar-refractivity contribution in [1.29, 1.82) is 0 Å². The van der Waals surface area contributed by atoms with E-state index in [0.29, 0.717) is 12.6 Å². The van der Waals surface area contributed by atoms with Gasteiger partial charge in [0, 0.05) is 12.6 Å². The SMILES string of the molecule is CCCCCOC(=O)NNC1CCCNC1. The van der Waals surface area contributed by atoms with E-state index in [4.69, 9.17) is 4.74 Å². The normalized spacial score (nSPS) is 20.4. The first kappa shape index (κ1) is 13.3. The number of rotatable bonds is 6. The summed E-state index contributed by atoms with van der Waals surface area (Å²) in [5.74, 6) is 0. The standard InChI is InChI=1S/C11H23N3O2/c1-2-3-4-8-16-11(15)14-13-10-6-5-7-12-9-10/h10,12-13H,2-9H2,1H3,(H,14,15). The first-order valence-electron chi connectivity index (χ1n) is 6.22. The molecule has 94 valence electrons.